The molecule has 0 atom stereocenters. The molecule has 1 amide bonds. The van der Waals surface area contributed by atoms with Crippen LogP contribution < -0.4 is 5.73 Å². The van der Waals surface area contributed by atoms with Crippen molar-refractivity contribution >= 4 is 16.8 Å². The lowest BCUT2D eigenvalue weighted by Crippen LogP contribution is -2.14. The Kier molecular flexibility index (Phi) is 3.79. The van der Waals surface area contributed by atoms with Gasteiger partial charge >= 0.3 is 0 Å². The highest BCUT2D eigenvalue weighted by Crippen LogP contribution is 2.29. The van der Waals surface area contributed by atoms with Gasteiger partial charge in [0.05, 0.1) is 17.4 Å². The molecule has 0 aliphatic rings. The fourth-order valence-corrected chi connectivity index (χ4v) is 3.18. The molecule has 4 rings (SSSR count). The number of hydrogen-bond acceptors (Lipinski definition) is 5. The van der Waals surface area contributed by atoms with Crippen molar-refractivity contribution in [2.24, 2.45) is 19.8 Å². The van der Waals surface area contributed by atoms with Gasteiger partial charge in [0.1, 0.15) is 17.1 Å². The molecule has 0 spiro atoms. The molecule has 2 N–H and O–H groups in total. The van der Waals surface area contributed by atoms with Gasteiger partial charge in [-0.1, -0.05) is 0 Å². The van der Waals surface area contributed by atoms with Gasteiger partial charge in [0.15, 0.2) is 5.82 Å². The van der Waals surface area contributed by atoms with Crippen molar-refractivity contribution in [1.29, 1.82) is 0 Å². The molecular formula is C18H20N8O. The second kappa shape index (κ2) is 6.04. The first-order chi connectivity index (χ1) is 12.9. The number of amides is 1. The van der Waals surface area contributed by atoms with Crippen molar-refractivity contribution in [3.63, 3.8) is 0 Å². The van der Waals surface area contributed by atoms with Gasteiger partial charge in [0, 0.05) is 37.9 Å². The summed E-state index contributed by atoms with van der Waals surface area (Å²) in [6.45, 7) is 4.13. The number of carbonyl (C=O) groups excluding carboxylic acids is 1. The number of rotatable bonds is 4. The standard InChI is InChI=1S/C18H20N8O/c1-10(2)26-14(5-6-20-26)13-9-24(3)18(23-13)16-11-8-21-25(4)15(11)7-12(22-16)17(19)27/h5-10H,1-4H3,(H2,19,27). The lowest BCUT2D eigenvalue weighted by molar-refractivity contribution is 0.0996. The molecule has 0 aliphatic heterocycles. The largest absolute Gasteiger partial charge is 0.364 e. The molecule has 4 heterocycles. The van der Waals surface area contributed by atoms with Crippen LogP contribution in [-0.2, 0) is 14.1 Å². The number of imidazole rings is 1. The number of nitrogens with two attached hydrogens (primary N) is 1. The van der Waals surface area contributed by atoms with E-state index >= 15 is 0 Å². The predicted octanol–water partition coefficient (Wildman–Crippen LogP) is 1.91. The van der Waals surface area contributed by atoms with Crippen LogP contribution in [0.3, 0.4) is 0 Å². The number of fused-ring (bicyclic) bond motifs is 1. The predicted molar refractivity (Wildman–Crippen MR) is 101 cm³/mol. The van der Waals surface area contributed by atoms with E-state index in [1.807, 2.05) is 35.6 Å². The van der Waals surface area contributed by atoms with E-state index in [1.165, 1.54) is 0 Å². The minimum atomic E-state index is -0.591. The Bertz CT molecular complexity index is 1160. The summed E-state index contributed by atoms with van der Waals surface area (Å²) in [5, 5.41) is 9.46. The first-order valence-electron chi connectivity index (χ1n) is 8.57. The number of primary amides is 1. The van der Waals surface area contributed by atoms with E-state index in [1.54, 1.807) is 23.1 Å². The maximum absolute atomic E-state index is 11.7. The molecule has 0 unspecified atom stereocenters. The average Bonchev–Trinajstić information content (AvgIpc) is 3.32. The van der Waals surface area contributed by atoms with Crippen LogP contribution in [0.25, 0.3) is 33.8 Å². The van der Waals surface area contributed by atoms with Crippen LogP contribution in [0.2, 0.25) is 0 Å². The SMILES string of the molecule is CC(C)n1nccc1-c1cn(C)c(-c2nc(C(N)=O)cc3c2cnn3C)n1. The number of aryl methyl sites for hydroxylation is 2. The van der Waals surface area contributed by atoms with E-state index < -0.39 is 5.91 Å². The van der Waals surface area contributed by atoms with Crippen molar-refractivity contribution < 1.29 is 4.79 Å². The molecule has 0 radical (unpaired) electrons. The van der Waals surface area contributed by atoms with Gasteiger partial charge in [-0.15, -0.1) is 0 Å². The summed E-state index contributed by atoms with van der Waals surface area (Å²) >= 11 is 0. The van der Waals surface area contributed by atoms with E-state index in [0.29, 0.717) is 11.5 Å². The van der Waals surface area contributed by atoms with Crippen molar-refractivity contribution in [3.8, 4) is 22.9 Å². The zero-order valence-electron chi connectivity index (χ0n) is 15.6. The van der Waals surface area contributed by atoms with Gasteiger partial charge in [-0.2, -0.15) is 10.2 Å². The summed E-state index contributed by atoms with van der Waals surface area (Å²) in [7, 11) is 3.70. The lowest BCUT2D eigenvalue weighted by atomic mass is 10.2. The normalized spacial score (nSPS) is 11.6. The highest BCUT2D eigenvalue weighted by atomic mass is 16.1. The monoisotopic (exact) mass is 364 g/mol. The molecule has 0 aromatic carbocycles. The van der Waals surface area contributed by atoms with E-state index in [2.05, 4.69) is 29.0 Å². The third-order valence-corrected chi connectivity index (χ3v) is 4.51. The highest BCUT2D eigenvalue weighted by molar-refractivity contribution is 5.99. The summed E-state index contributed by atoms with van der Waals surface area (Å²) in [6, 6.07) is 3.78. The topological polar surface area (TPSA) is 109 Å². The molecule has 4 aromatic rings. The van der Waals surface area contributed by atoms with Crippen LogP contribution in [0.5, 0.6) is 0 Å². The summed E-state index contributed by atoms with van der Waals surface area (Å²) in [6.07, 6.45) is 5.40. The van der Waals surface area contributed by atoms with Crippen molar-refractivity contribution in [3.05, 3.63) is 36.4 Å². The molecule has 9 heteroatoms. The number of carbonyl (C=O) groups is 1. The maximum Gasteiger partial charge on any atom is 0.267 e. The summed E-state index contributed by atoms with van der Waals surface area (Å²) in [5.41, 5.74) is 8.69. The molecule has 0 fully saturated rings. The lowest BCUT2D eigenvalue weighted by Gasteiger charge is -2.08. The molecule has 4 aromatic heterocycles. The van der Waals surface area contributed by atoms with Gasteiger partial charge in [0.25, 0.3) is 5.91 Å². The van der Waals surface area contributed by atoms with Crippen LogP contribution in [-0.4, -0.2) is 40.0 Å². The number of nitrogens with zero attached hydrogens (tertiary/aromatic N) is 7. The van der Waals surface area contributed by atoms with E-state index in [9.17, 15) is 4.79 Å². The zero-order valence-corrected chi connectivity index (χ0v) is 15.6. The first-order valence-corrected chi connectivity index (χ1v) is 8.57. The van der Waals surface area contributed by atoms with Crippen LogP contribution in [0.4, 0.5) is 0 Å². The zero-order chi connectivity index (χ0) is 19.3. The molecule has 0 saturated carbocycles. The van der Waals surface area contributed by atoms with Crippen LogP contribution in [0.1, 0.15) is 30.4 Å². The second-order valence-electron chi connectivity index (χ2n) is 6.74. The van der Waals surface area contributed by atoms with Crippen molar-refractivity contribution in [2.45, 2.75) is 19.9 Å². The van der Waals surface area contributed by atoms with Crippen LogP contribution in [0, 0.1) is 0 Å². The van der Waals surface area contributed by atoms with Crippen molar-refractivity contribution in [2.75, 3.05) is 0 Å². The number of pyridine rings is 1. The first kappa shape index (κ1) is 17.0. The molecule has 0 aliphatic carbocycles. The summed E-state index contributed by atoms with van der Waals surface area (Å²) in [5.74, 6) is 0.0364. The third-order valence-electron chi connectivity index (χ3n) is 4.51. The smallest absolute Gasteiger partial charge is 0.267 e. The molecule has 138 valence electrons. The van der Waals surface area contributed by atoms with Crippen LogP contribution in [0.15, 0.2) is 30.7 Å². The van der Waals surface area contributed by atoms with Crippen molar-refractivity contribution in [1.82, 2.24) is 34.1 Å². The van der Waals surface area contributed by atoms with E-state index in [4.69, 9.17) is 10.7 Å². The fourth-order valence-electron chi connectivity index (χ4n) is 3.18. The summed E-state index contributed by atoms with van der Waals surface area (Å²) in [4.78, 5) is 21.0. The number of aromatic nitrogens is 7. The average molecular weight is 364 g/mol. The Balaban J connectivity index is 1.94. The van der Waals surface area contributed by atoms with Crippen LogP contribution >= 0.6 is 0 Å². The molecule has 0 saturated heterocycles. The maximum atomic E-state index is 11.7. The van der Waals surface area contributed by atoms with Gasteiger partial charge in [-0.3, -0.25) is 14.2 Å². The molecule has 9 nitrogen and oxygen atoms in total. The minimum absolute atomic E-state index is 0.179. The fraction of sp³-hybridized carbons (Fsp3) is 0.278. The molecular weight excluding hydrogens is 344 g/mol. The van der Waals surface area contributed by atoms with Gasteiger partial charge in [-0.05, 0) is 26.0 Å². The van der Waals surface area contributed by atoms with Gasteiger partial charge < -0.3 is 10.3 Å². The number of hydrogen-bond donors (Lipinski definition) is 1. The molecule has 27 heavy (non-hydrogen) atoms. The Hall–Kier alpha value is -3.49. The Labute approximate surface area is 155 Å². The van der Waals surface area contributed by atoms with E-state index in [0.717, 1.165) is 22.3 Å². The highest BCUT2D eigenvalue weighted by Gasteiger charge is 2.20. The Morgan fingerprint density at radius 2 is 1.96 bits per heavy atom. The summed E-state index contributed by atoms with van der Waals surface area (Å²) < 4.78 is 5.48. The second-order valence-corrected chi connectivity index (χ2v) is 6.74. The Morgan fingerprint density at radius 3 is 2.67 bits per heavy atom. The third kappa shape index (κ3) is 2.67. The molecule has 0 bridgehead atoms. The Morgan fingerprint density at radius 1 is 1.19 bits per heavy atom. The van der Waals surface area contributed by atoms with E-state index in [-0.39, 0.29) is 11.7 Å². The quantitative estimate of drug-likeness (QED) is 0.595. The van der Waals surface area contributed by atoms with Gasteiger partial charge in [-0.25, -0.2) is 9.97 Å². The minimum Gasteiger partial charge on any atom is -0.364 e. The van der Waals surface area contributed by atoms with Gasteiger partial charge in [0.2, 0.25) is 0 Å².